The number of nitrogens with zero attached hydrogens (tertiary/aromatic N) is 2. The first-order valence-electron chi connectivity index (χ1n) is 9.34. The van der Waals surface area contributed by atoms with E-state index in [0.29, 0.717) is 17.8 Å². The lowest BCUT2D eigenvalue weighted by molar-refractivity contribution is 0.180. The Labute approximate surface area is 170 Å². The molecule has 0 spiro atoms. The summed E-state index contributed by atoms with van der Waals surface area (Å²) in [5.74, 6) is 1.98. The number of aliphatic imine (C=N–C) groups is 1. The van der Waals surface area contributed by atoms with Crippen LogP contribution >= 0.6 is 24.0 Å². The highest BCUT2D eigenvalue weighted by molar-refractivity contribution is 14.0. The molecule has 1 heterocycles. The molecule has 0 unspecified atom stereocenters. The van der Waals surface area contributed by atoms with Crippen molar-refractivity contribution in [2.75, 3.05) is 26.2 Å². The van der Waals surface area contributed by atoms with E-state index in [1.807, 2.05) is 0 Å². The van der Waals surface area contributed by atoms with Gasteiger partial charge in [-0.2, -0.15) is 0 Å². The van der Waals surface area contributed by atoms with Crippen molar-refractivity contribution in [2.45, 2.75) is 46.6 Å². The number of aryl methyl sites for hydroxylation is 1. The molecular weight excluding hydrogens is 423 g/mol. The van der Waals surface area contributed by atoms with Crippen LogP contribution in [0.25, 0.3) is 0 Å². The van der Waals surface area contributed by atoms with Crippen molar-refractivity contribution in [1.82, 2.24) is 10.2 Å². The van der Waals surface area contributed by atoms with Gasteiger partial charge in [0.25, 0.3) is 0 Å². The van der Waals surface area contributed by atoms with Crippen molar-refractivity contribution in [3.8, 4) is 0 Å². The third kappa shape index (κ3) is 8.90. The molecule has 2 rings (SSSR count). The van der Waals surface area contributed by atoms with Crippen LogP contribution in [0.5, 0.6) is 0 Å². The van der Waals surface area contributed by atoms with Crippen LogP contribution in [0.4, 0.5) is 0 Å². The fraction of sp³-hybridized carbons (Fsp3) is 0.650. The number of rotatable bonds is 7. The number of hydrogen-bond acceptors (Lipinski definition) is 2. The smallest absolute Gasteiger partial charge is 0.188 e. The molecule has 0 radical (unpaired) electrons. The number of nitrogens with one attached hydrogen (secondary N) is 1. The van der Waals surface area contributed by atoms with Crippen molar-refractivity contribution in [3.05, 3.63) is 35.4 Å². The molecule has 0 amide bonds. The third-order valence-corrected chi connectivity index (χ3v) is 4.78. The number of benzene rings is 1. The minimum absolute atomic E-state index is 0. The molecule has 1 aliphatic rings. The minimum atomic E-state index is 0. The number of nitrogens with two attached hydrogens (primary N) is 1. The van der Waals surface area contributed by atoms with Crippen molar-refractivity contribution >= 4 is 29.9 Å². The topological polar surface area (TPSA) is 53.6 Å². The van der Waals surface area contributed by atoms with Gasteiger partial charge in [0.05, 0.1) is 0 Å². The van der Waals surface area contributed by atoms with Crippen molar-refractivity contribution in [2.24, 2.45) is 22.6 Å². The Balaban J connectivity index is 0.00000312. The molecule has 0 bridgehead atoms. The molecule has 1 aromatic rings. The average Bonchev–Trinajstić information content (AvgIpc) is 2.56. The van der Waals surface area contributed by atoms with E-state index in [4.69, 9.17) is 5.73 Å². The molecule has 1 aliphatic heterocycles. The maximum absolute atomic E-state index is 5.95. The second-order valence-electron chi connectivity index (χ2n) is 7.54. The molecule has 1 saturated heterocycles. The van der Waals surface area contributed by atoms with Gasteiger partial charge in [-0.05, 0) is 56.7 Å². The van der Waals surface area contributed by atoms with E-state index >= 15 is 0 Å². The number of likely N-dealkylation sites (tertiary alicyclic amines) is 1. The third-order valence-electron chi connectivity index (χ3n) is 4.78. The predicted octanol–water partition coefficient (Wildman–Crippen LogP) is 3.78. The minimum Gasteiger partial charge on any atom is -0.370 e. The maximum Gasteiger partial charge on any atom is 0.188 e. The van der Waals surface area contributed by atoms with Crippen molar-refractivity contribution < 1.29 is 0 Å². The van der Waals surface area contributed by atoms with Crippen LogP contribution in [0.3, 0.4) is 0 Å². The zero-order valence-corrected chi connectivity index (χ0v) is 18.3. The van der Waals surface area contributed by atoms with Crippen LogP contribution in [0, 0.1) is 18.8 Å². The fourth-order valence-electron chi connectivity index (χ4n) is 3.05. The van der Waals surface area contributed by atoms with Gasteiger partial charge >= 0.3 is 0 Å². The number of piperidine rings is 1. The monoisotopic (exact) mass is 458 g/mol. The first kappa shape index (κ1) is 22.2. The summed E-state index contributed by atoms with van der Waals surface area (Å²) < 4.78 is 0. The molecule has 5 heteroatoms. The zero-order valence-electron chi connectivity index (χ0n) is 16.0. The highest BCUT2D eigenvalue weighted by atomic mass is 127. The highest BCUT2D eigenvalue weighted by Crippen LogP contribution is 2.19. The number of halogens is 1. The number of guanidine groups is 1. The zero-order chi connectivity index (χ0) is 17.4. The van der Waals surface area contributed by atoms with E-state index in [-0.39, 0.29) is 24.0 Å². The lowest BCUT2D eigenvalue weighted by Gasteiger charge is -2.31. The largest absolute Gasteiger partial charge is 0.370 e. The predicted molar refractivity (Wildman–Crippen MR) is 119 cm³/mol. The Bertz CT molecular complexity index is 505. The van der Waals surface area contributed by atoms with Crippen LogP contribution in [-0.2, 0) is 6.54 Å². The van der Waals surface area contributed by atoms with Gasteiger partial charge in [-0.15, -0.1) is 24.0 Å². The van der Waals surface area contributed by atoms with Crippen LogP contribution in [-0.4, -0.2) is 37.0 Å². The van der Waals surface area contributed by atoms with Crippen LogP contribution in [0.15, 0.2) is 29.3 Å². The molecule has 4 nitrogen and oxygen atoms in total. The summed E-state index contributed by atoms with van der Waals surface area (Å²) >= 11 is 0. The van der Waals surface area contributed by atoms with Crippen LogP contribution in [0.2, 0.25) is 0 Å². The van der Waals surface area contributed by atoms with E-state index in [2.05, 4.69) is 60.2 Å². The van der Waals surface area contributed by atoms with Gasteiger partial charge in [-0.1, -0.05) is 43.7 Å². The molecule has 1 aromatic carbocycles. The molecule has 0 aromatic heterocycles. The Morgan fingerprint density at radius 3 is 2.48 bits per heavy atom. The van der Waals surface area contributed by atoms with Gasteiger partial charge < -0.3 is 11.1 Å². The molecule has 3 N–H and O–H groups in total. The SMILES string of the molecule is Cc1ccc(CN2CCC(CN=C(N)NCCC(C)C)CC2)cc1.I. The van der Waals surface area contributed by atoms with Gasteiger partial charge in [-0.25, -0.2) is 0 Å². The molecule has 25 heavy (non-hydrogen) atoms. The quantitative estimate of drug-likeness (QED) is 0.372. The van der Waals surface area contributed by atoms with E-state index in [9.17, 15) is 0 Å². The summed E-state index contributed by atoms with van der Waals surface area (Å²) in [5.41, 5.74) is 8.69. The lowest BCUT2D eigenvalue weighted by Crippen LogP contribution is -2.36. The first-order valence-corrected chi connectivity index (χ1v) is 9.34. The van der Waals surface area contributed by atoms with E-state index in [1.54, 1.807) is 0 Å². The molecule has 0 saturated carbocycles. The molecule has 1 fully saturated rings. The van der Waals surface area contributed by atoms with E-state index < -0.39 is 0 Å². The number of hydrogen-bond donors (Lipinski definition) is 2. The van der Waals surface area contributed by atoms with Crippen LogP contribution in [0.1, 0.15) is 44.2 Å². The average molecular weight is 458 g/mol. The van der Waals surface area contributed by atoms with Crippen LogP contribution < -0.4 is 11.1 Å². The second-order valence-corrected chi connectivity index (χ2v) is 7.54. The first-order chi connectivity index (χ1) is 11.5. The van der Waals surface area contributed by atoms with Crippen molar-refractivity contribution in [1.29, 1.82) is 0 Å². The Morgan fingerprint density at radius 1 is 1.24 bits per heavy atom. The van der Waals surface area contributed by atoms with Gasteiger partial charge in [0.1, 0.15) is 0 Å². The highest BCUT2D eigenvalue weighted by Gasteiger charge is 2.19. The van der Waals surface area contributed by atoms with Gasteiger partial charge in [0.15, 0.2) is 5.96 Å². The molecular formula is C20H35IN4. The van der Waals surface area contributed by atoms with Crippen molar-refractivity contribution in [3.63, 3.8) is 0 Å². The fourth-order valence-corrected chi connectivity index (χ4v) is 3.05. The Morgan fingerprint density at radius 2 is 1.88 bits per heavy atom. The summed E-state index contributed by atoms with van der Waals surface area (Å²) in [5, 5.41) is 3.22. The Hall–Kier alpha value is -0.820. The lowest BCUT2D eigenvalue weighted by atomic mass is 9.96. The maximum atomic E-state index is 5.95. The van der Waals surface area contributed by atoms with E-state index in [0.717, 1.165) is 39.1 Å². The summed E-state index contributed by atoms with van der Waals surface area (Å²) in [6, 6.07) is 8.89. The summed E-state index contributed by atoms with van der Waals surface area (Å²) in [7, 11) is 0. The molecule has 0 atom stereocenters. The van der Waals surface area contributed by atoms with Gasteiger partial charge in [0, 0.05) is 19.6 Å². The van der Waals surface area contributed by atoms with Gasteiger partial charge in [-0.3, -0.25) is 9.89 Å². The standard InChI is InChI=1S/C20H34N4.HI/c1-16(2)8-11-22-20(21)23-14-18-9-12-24(13-10-18)15-19-6-4-17(3)5-7-19;/h4-7,16,18H,8-15H2,1-3H3,(H3,21,22,23);1H. The summed E-state index contributed by atoms with van der Waals surface area (Å²) in [6.45, 7) is 11.7. The van der Waals surface area contributed by atoms with E-state index in [1.165, 1.54) is 24.0 Å². The molecule has 142 valence electrons. The normalized spacial score (nSPS) is 16.7. The summed E-state index contributed by atoms with van der Waals surface area (Å²) in [4.78, 5) is 7.08. The second kappa shape index (κ2) is 11.7. The van der Waals surface area contributed by atoms with Gasteiger partial charge in [0.2, 0.25) is 0 Å². The Kier molecular flexibility index (Phi) is 10.4. The summed E-state index contributed by atoms with van der Waals surface area (Å²) in [6.07, 6.45) is 3.57. The molecule has 0 aliphatic carbocycles.